The molecule has 0 aliphatic heterocycles. The Morgan fingerprint density at radius 3 is 2.92 bits per heavy atom. The predicted octanol–water partition coefficient (Wildman–Crippen LogP) is 2.16. The van der Waals surface area contributed by atoms with E-state index >= 15 is 0 Å². The Morgan fingerprint density at radius 2 is 2.23 bits per heavy atom. The van der Waals surface area contributed by atoms with Gasteiger partial charge in [-0.3, -0.25) is 0 Å². The first-order valence-corrected chi connectivity index (χ1v) is 4.36. The van der Waals surface area contributed by atoms with Crippen molar-refractivity contribution < 1.29 is 0 Å². The maximum Gasteiger partial charge on any atom is 0.0537 e. The molecule has 3 N–H and O–H groups in total. The Hall–Kier alpha value is -1.28. The minimum Gasteiger partial charge on any atom is -0.360 e. The van der Waals surface area contributed by atoms with Crippen LogP contribution in [0.5, 0.6) is 0 Å². The predicted molar refractivity (Wildman–Crippen MR) is 54.3 cm³/mol. The highest BCUT2D eigenvalue weighted by molar-refractivity contribution is 5.83. The van der Waals surface area contributed by atoms with E-state index in [2.05, 4.69) is 17.1 Å². The first-order chi connectivity index (χ1) is 6.09. The maximum atomic E-state index is 6.03. The molecular weight excluding hydrogens is 160 g/mol. The third kappa shape index (κ3) is 1.33. The van der Waals surface area contributed by atoms with Crippen LogP contribution in [-0.4, -0.2) is 4.98 Å². The second-order valence-electron chi connectivity index (χ2n) is 3.88. The zero-order valence-electron chi connectivity index (χ0n) is 7.89. The number of nitrogens with two attached hydrogens (primary N) is 1. The van der Waals surface area contributed by atoms with E-state index in [9.17, 15) is 0 Å². The summed E-state index contributed by atoms with van der Waals surface area (Å²) in [5, 5.41) is 1.16. The highest BCUT2D eigenvalue weighted by Gasteiger charge is 2.17. The summed E-state index contributed by atoms with van der Waals surface area (Å²) in [5.74, 6) is 0. The summed E-state index contributed by atoms with van der Waals surface area (Å²) in [6, 6.07) is 9.07. The van der Waals surface area contributed by atoms with Gasteiger partial charge in [-0.05, 0) is 19.4 Å². The van der Waals surface area contributed by atoms with Crippen LogP contribution in [0, 0.1) is 6.07 Å². The Bertz CT molecular complexity index is 421. The van der Waals surface area contributed by atoms with Gasteiger partial charge in [-0.25, -0.2) is 0 Å². The number of hydrogen-bond acceptors (Lipinski definition) is 1. The average molecular weight is 173 g/mol. The van der Waals surface area contributed by atoms with Crippen LogP contribution in [0.25, 0.3) is 10.9 Å². The zero-order valence-corrected chi connectivity index (χ0v) is 7.89. The number of para-hydroxylation sites is 1. The first kappa shape index (κ1) is 8.32. The third-order valence-corrected chi connectivity index (χ3v) is 2.20. The molecule has 1 aromatic heterocycles. The van der Waals surface area contributed by atoms with Crippen LogP contribution in [0.15, 0.2) is 24.4 Å². The summed E-state index contributed by atoms with van der Waals surface area (Å²) in [7, 11) is 0. The second kappa shape index (κ2) is 2.60. The van der Waals surface area contributed by atoms with Crippen molar-refractivity contribution in [3.05, 3.63) is 36.0 Å². The number of nitrogens with one attached hydrogen (secondary N) is 1. The summed E-state index contributed by atoms with van der Waals surface area (Å²) in [6.45, 7) is 4.01. The molecule has 2 heteroatoms. The lowest BCUT2D eigenvalue weighted by molar-refractivity contribution is 0.559. The average Bonchev–Trinajstić information content (AvgIpc) is 2.45. The van der Waals surface area contributed by atoms with E-state index in [4.69, 9.17) is 5.73 Å². The Labute approximate surface area is 77.8 Å². The summed E-state index contributed by atoms with van der Waals surface area (Å²) in [4.78, 5) is 3.16. The molecule has 0 aliphatic carbocycles. The Kier molecular flexibility index (Phi) is 1.67. The molecule has 0 atom stereocenters. The fourth-order valence-corrected chi connectivity index (χ4v) is 1.54. The number of hydrogen-bond donors (Lipinski definition) is 2. The molecule has 0 aliphatic rings. The van der Waals surface area contributed by atoms with Crippen LogP contribution in [0.1, 0.15) is 19.4 Å². The number of fused-ring (bicyclic) bond motifs is 1. The van der Waals surface area contributed by atoms with Gasteiger partial charge in [-0.15, -0.1) is 0 Å². The van der Waals surface area contributed by atoms with Crippen molar-refractivity contribution in [3.8, 4) is 0 Å². The zero-order chi connectivity index (χ0) is 9.47. The van der Waals surface area contributed by atoms with Crippen molar-refractivity contribution in [1.82, 2.24) is 4.98 Å². The number of aromatic amines is 1. The topological polar surface area (TPSA) is 41.8 Å². The smallest absolute Gasteiger partial charge is 0.0537 e. The summed E-state index contributed by atoms with van der Waals surface area (Å²) in [6.07, 6.45) is 1.96. The standard InChI is InChI=1S/C11H13N2/c1-11(2,12)9-7-13-10-6-4-3-5-8(9)10/h3-5,7,13H,12H2,1-2H3. The van der Waals surface area contributed by atoms with Crippen molar-refractivity contribution in [2.45, 2.75) is 19.4 Å². The summed E-state index contributed by atoms with van der Waals surface area (Å²) in [5.41, 5.74) is 7.90. The first-order valence-electron chi connectivity index (χ1n) is 4.36. The van der Waals surface area contributed by atoms with E-state index < -0.39 is 0 Å². The molecule has 0 saturated heterocycles. The van der Waals surface area contributed by atoms with Crippen LogP contribution < -0.4 is 5.73 Å². The molecule has 0 saturated carbocycles. The molecule has 0 amide bonds. The van der Waals surface area contributed by atoms with Crippen LogP contribution >= 0.6 is 0 Å². The van der Waals surface area contributed by atoms with Crippen molar-refractivity contribution in [2.75, 3.05) is 0 Å². The molecule has 13 heavy (non-hydrogen) atoms. The van der Waals surface area contributed by atoms with E-state index in [0.717, 1.165) is 16.5 Å². The minimum atomic E-state index is -0.298. The molecular formula is C11H13N2. The molecule has 2 aromatic rings. The lowest BCUT2D eigenvalue weighted by atomic mass is 9.95. The van der Waals surface area contributed by atoms with Crippen LogP contribution in [0.2, 0.25) is 0 Å². The normalized spacial score (nSPS) is 12.2. The van der Waals surface area contributed by atoms with Crippen LogP contribution in [0.3, 0.4) is 0 Å². The molecule has 2 rings (SSSR count). The number of rotatable bonds is 1. The van der Waals surface area contributed by atoms with E-state index in [1.54, 1.807) is 0 Å². The molecule has 0 fully saturated rings. The molecule has 1 aromatic carbocycles. The number of aromatic nitrogens is 1. The van der Waals surface area contributed by atoms with Gasteiger partial charge in [0, 0.05) is 23.2 Å². The van der Waals surface area contributed by atoms with Gasteiger partial charge >= 0.3 is 0 Å². The molecule has 1 radical (unpaired) electrons. The summed E-state index contributed by atoms with van der Waals surface area (Å²) >= 11 is 0. The monoisotopic (exact) mass is 173 g/mol. The van der Waals surface area contributed by atoms with Crippen molar-refractivity contribution >= 4 is 10.9 Å². The summed E-state index contributed by atoms with van der Waals surface area (Å²) < 4.78 is 0. The molecule has 67 valence electrons. The van der Waals surface area contributed by atoms with Gasteiger partial charge in [-0.1, -0.05) is 18.2 Å². The van der Waals surface area contributed by atoms with Gasteiger partial charge in [0.05, 0.1) is 5.52 Å². The van der Waals surface area contributed by atoms with Crippen molar-refractivity contribution in [2.24, 2.45) is 5.73 Å². The molecule has 0 bridgehead atoms. The maximum absolute atomic E-state index is 6.03. The molecule has 1 heterocycles. The SMILES string of the molecule is CC(C)(N)c1c[nH]c2[c]cccc12. The van der Waals surface area contributed by atoms with E-state index in [1.807, 2.05) is 32.2 Å². The van der Waals surface area contributed by atoms with E-state index in [1.165, 1.54) is 0 Å². The molecule has 2 nitrogen and oxygen atoms in total. The largest absolute Gasteiger partial charge is 0.360 e. The van der Waals surface area contributed by atoms with Gasteiger partial charge in [0.25, 0.3) is 0 Å². The van der Waals surface area contributed by atoms with Gasteiger partial charge in [-0.2, -0.15) is 0 Å². The molecule has 0 unspecified atom stereocenters. The van der Waals surface area contributed by atoms with E-state index in [-0.39, 0.29) is 5.54 Å². The lowest BCUT2D eigenvalue weighted by Gasteiger charge is -2.17. The van der Waals surface area contributed by atoms with Gasteiger partial charge < -0.3 is 10.7 Å². The fraction of sp³-hybridized carbons (Fsp3) is 0.273. The number of H-pyrrole nitrogens is 1. The fourth-order valence-electron chi connectivity index (χ4n) is 1.54. The lowest BCUT2D eigenvalue weighted by Crippen LogP contribution is -2.28. The van der Waals surface area contributed by atoms with E-state index in [0.29, 0.717) is 0 Å². The Morgan fingerprint density at radius 1 is 1.46 bits per heavy atom. The van der Waals surface area contributed by atoms with Crippen molar-refractivity contribution in [1.29, 1.82) is 0 Å². The third-order valence-electron chi connectivity index (χ3n) is 2.20. The Balaban J connectivity index is 2.72. The number of benzene rings is 1. The minimum absolute atomic E-state index is 0.298. The van der Waals surface area contributed by atoms with Gasteiger partial charge in [0.1, 0.15) is 0 Å². The molecule has 0 spiro atoms. The van der Waals surface area contributed by atoms with Crippen LogP contribution in [0.4, 0.5) is 0 Å². The van der Waals surface area contributed by atoms with Crippen molar-refractivity contribution in [3.63, 3.8) is 0 Å². The highest BCUT2D eigenvalue weighted by atomic mass is 14.7. The van der Waals surface area contributed by atoms with Gasteiger partial charge in [0.15, 0.2) is 0 Å². The highest BCUT2D eigenvalue weighted by Crippen LogP contribution is 2.25. The van der Waals surface area contributed by atoms with Gasteiger partial charge in [0.2, 0.25) is 0 Å². The van der Waals surface area contributed by atoms with Crippen LogP contribution in [-0.2, 0) is 5.54 Å². The quantitative estimate of drug-likeness (QED) is 0.681. The second-order valence-corrected chi connectivity index (χ2v) is 3.88.